The van der Waals surface area contributed by atoms with Gasteiger partial charge in [-0.25, -0.2) is 0 Å². The predicted octanol–water partition coefficient (Wildman–Crippen LogP) is -1.94. The summed E-state index contributed by atoms with van der Waals surface area (Å²) in [4.78, 5) is 16.1. The van der Waals surface area contributed by atoms with Crippen LogP contribution in [0.25, 0.3) is 0 Å². The maximum Gasteiger partial charge on any atom is 0.326 e. The van der Waals surface area contributed by atoms with Crippen molar-refractivity contribution in [2.75, 3.05) is 25.9 Å². The lowest BCUT2D eigenvalue weighted by Gasteiger charge is -1.96. The monoisotopic (exact) mass is 186 g/mol. The summed E-state index contributed by atoms with van der Waals surface area (Å²) in [6, 6.07) is 0. The minimum Gasteiger partial charge on any atom is -0.395 e. The van der Waals surface area contributed by atoms with Crippen molar-refractivity contribution in [3.63, 3.8) is 0 Å². The van der Waals surface area contributed by atoms with Crippen LogP contribution >= 0.6 is 7.60 Å². The summed E-state index contributed by atoms with van der Waals surface area (Å²) in [7, 11) is -3.79. The Morgan fingerprint density at radius 2 is 1.55 bits per heavy atom. The zero-order valence-corrected chi connectivity index (χ0v) is 7.07. The van der Waals surface area contributed by atoms with Gasteiger partial charge in [0.1, 0.15) is 0 Å². The summed E-state index contributed by atoms with van der Waals surface area (Å²) in [6.07, 6.45) is -0.215. The molecule has 0 saturated heterocycles. The van der Waals surface area contributed by atoms with E-state index in [1.165, 1.54) is 0 Å². The van der Waals surface area contributed by atoms with Crippen LogP contribution in [-0.2, 0) is 4.57 Å². The first-order chi connectivity index (χ1) is 4.97. The van der Waals surface area contributed by atoms with Crippen molar-refractivity contribution in [1.82, 2.24) is 0 Å². The molecule has 0 aromatic rings. The second-order valence-corrected chi connectivity index (χ2v) is 3.47. The molecule has 0 heterocycles. The first-order valence-corrected chi connectivity index (χ1v) is 4.83. The van der Waals surface area contributed by atoms with Gasteiger partial charge in [-0.15, -0.1) is 0 Å². The molecule has 0 aromatic heterocycles. The van der Waals surface area contributed by atoms with Crippen molar-refractivity contribution in [2.45, 2.75) is 0 Å². The predicted molar refractivity (Wildman–Crippen MR) is 42.1 cm³/mol. The van der Waals surface area contributed by atoms with Gasteiger partial charge in [0.25, 0.3) is 0 Å². The Kier molecular flexibility index (Phi) is 10.1. The molecule has 0 aliphatic heterocycles. The van der Waals surface area contributed by atoms with Crippen molar-refractivity contribution in [3.05, 3.63) is 0 Å². The maximum atomic E-state index is 9.85. The Morgan fingerprint density at radius 1 is 1.18 bits per heavy atom. The molecule has 0 saturated carbocycles. The highest BCUT2D eigenvalue weighted by Crippen LogP contribution is 2.32. The van der Waals surface area contributed by atoms with E-state index in [1.807, 2.05) is 0 Å². The van der Waals surface area contributed by atoms with Crippen molar-refractivity contribution < 1.29 is 19.5 Å². The number of hydrogen-bond acceptors (Lipinski definition) is 4. The zero-order chi connectivity index (χ0) is 9.33. The first kappa shape index (κ1) is 13.6. The summed E-state index contributed by atoms with van der Waals surface area (Å²) >= 11 is 0. The van der Waals surface area contributed by atoms with Crippen LogP contribution in [0.1, 0.15) is 0 Å². The van der Waals surface area contributed by atoms with E-state index in [4.69, 9.17) is 26.4 Å². The van der Waals surface area contributed by atoms with E-state index < -0.39 is 7.60 Å². The SMILES string of the molecule is NCCO.NCCP(=O)(O)O. The Labute approximate surface area is 65.4 Å². The fraction of sp³-hybridized carbons (Fsp3) is 1.00. The van der Waals surface area contributed by atoms with E-state index in [0.717, 1.165) is 0 Å². The Bertz CT molecular complexity index is 113. The molecule has 0 aromatic carbocycles. The van der Waals surface area contributed by atoms with Crippen molar-refractivity contribution in [3.8, 4) is 0 Å². The van der Waals surface area contributed by atoms with Gasteiger partial charge >= 0.3 is 7.60 Å². The first-order valence-electron chi connectivity index (χ1n) is 3.03. The molecule has 11 heavy (non-hydrogen) atoms. The average Bonchev–Trinajstić information content (AvgIpc) is 1.86. The smallest absolute Gasteiger partial charge is 0.326 e. The van der Waals surface area contributed by atoms with Gasteiger partial charge in [-0.1, -0.05) is 0 Å². The van der Waals surface area contributed by atoms with Gasteiger partial charge in [-0.3, -0.25) is 4.57 Å². The molecule has 0 aliphatic rings. The van der Waals surface area contributed by atoms with Gasteiger partial charge in [0.2, 0.25) is 0 Å². The third-order valence-corrected chi connectivity index (χ3v) is 1.39. The summed E-state index contributed by atoms with van der Waals surface area (Å²) in [5, 5.41) is 7.75. The third-order valence-electron chi connectivity index (χ3n) is 0.549. The van der Waals surface area contributed by atoms with E-state index in [2.05, 4.69) is 0 Å². The van der Waals surface area contributed by atoms with Gasteiger partial charge in [-0.05, 0) is 0 Å². The van der Waals surface area contributed by atoms with Gasteiger partial charge in [0.15, 0.2) is 0 Å². The number of nitrogens with two attached hydrogens (primary N) is 2. The van der Waals surface area contributed by atoms with E-state index >= 15 is 0 Å². The summed E-state index contributed by atoms with van der Waals surface area (Å²) in [5.74, 6) is 0. The third kappa shape index (κ3) is 25.6. The zero-order valence-electron chi connectivity index (χ0n) is 6.18. The molecular weight excluding hydrogens is 171 g/mol. The van der Waals surface area contributed by atoms with Gasteiger partial charge in [-0.2, -0.15) is 0 Å². The average molecular weight is 186 g/mol. The summed E-state index contributed by atoms with van der Waals surface area (Å²) in [5.41, 5.74) is 9.60. The van der Waals surface area contributed by atoms with Crippen LogP contribution in [0.4, 0.5) is 0 Å². The molecule has 7 heteroatoms. The van der Waals surface area contributed by atoms with E-state index in [-0.39, 0.29) is 19.3 Å². The lowest BCUT2D eigenvalue weighted by atomic mass is 10.8. The maximum absolute atomic E-state index is 9.85. The lowest BCUT2D eigenvalue weighted by molar-refractivity contribution is 0.306. The number of aliphatic hydroxyl groups excluding tert-OH is 1. The largest absolute Gasteiger partial charge is 0.395 e. The minimum atomic E-state index is -3.79. The van der Waals surface area contributed by atoms with Crippen LogP contribution in [0.15, 0.2) is 0 Å². The molecule has 0 amide bonds. The lowest BCUT2D eigenvalue weighted by Crippen LogP contribution is -2.04. The highest BCUT2D eigenvalue weighted by atomic mass is 31.2. The molecule has 0 spiro atoms. The van der Waals surface area contributed by atoms with Crippen LogP contribution in [0.5, 0.6) is 0 Å². The highest BCUT2D eigenvalue weighted by Gasteiger charge is 2.08. The normalized spacial score (nSPS) is 10.3. The summed E-state index contributed by atoms with van der Waals surface area (Å²) < 4.78 is 9.85. The van der Waals surface area contributed by atoms with Crippen molar-refractivity contribution in [2.24, 2.45) is 11.5 Å². The quantitative estimate of drug-likeness (QED) is 0.326. The molecule has 0 atom stereocenters. The molecule has 0 fully saturated rings. The number of hydrogen-bond donors (Lipinski definition) is 5. The molecule has 70 valence electrons. The standard InChI is InChI=1S/C2H8NO3P.C2H7NO/c3-1-2-7(4,5)6;3-1-2-4/h1-3H2,(H2,4,5,6);4H,1-3H2. The molecule has 0 rings (SSSR count). The number of rotatable bonds is 3. The molecule has 7 N–H and O–H groups in total. The summed E-state index contributed by atoms with van der Waals surface area (Å²) in [6.45, 7) is 0.518. The fourth-order valence-electron chi connectivity index (χ4n) is 0.168. The van der Waals surface area contributed by atoms with Crippen molar-refractivity contribution in [1.29, 1.82) is 0 Å². The van der Waals surface area contributed by atoms with Gasteiger partial charge in [0.05, 0.1) is 12.8 Å². The van der Waals surface area contributed by atoms with Crippen LogP contribution in [0.3, 0.4) is 0 Å². The Morgan fingerprint density at radius 3 is 1.55 bits per heavy atom. The van der Waals surface area contributed by atoms with E-state index in [0.29, 0.717) is 6.54 Å². The molecule has 6 nitrogen and oxygen atoms in total. The van der Waals surface area contributed by atoms with Crippen LogP contribution in [0.2, 0.25) is 0 Å². The second kappa shape index (κ2) is 8.13. The molecule has 0 unspecified atom stereocenters. The Balaban J connectivity index is 0. The van der Waals surface area contributed by atoms with E-state index in [9.17, 15) is 4.57 Å². The van der Waals surface area contributed by atoms with Gasteiger partial charge in [0, 0.05) is 13.1 Å². The molecule has 0 aliphatic carbocycles. The molecular formula is C4H15N2O4P. The minimum absolute atomic E-state index is 0.0459. The highest BCUT2D eigenvalue weighted by molar-refractivity contribution is 7.51. The van der Waals surface area contributed by atoms with Crippen LogP contribution in [0, 0.1) is 0 Å². The van der Waals surface area contributed by atoms with Crippen LogP contribution in [-0.4, -0.2) is 40.8 Å². The van der Waals surface area contributed by atoms with Crippen LogP contribution < -0.4 is 11.5 Å². The molecule has 0 bridgehead atoms. The topological polar surface area (TPSA) is 130 Å². The number of aliphatic hydroxyl groups is 1. The second-order valence-electron chi connectivity index (χ2n) is 1.69. The Hall–Kier alpha value is 0.0300. The fourth-order valence-corrected chi connectivity index (χ4v) is 0.505. The molecule has 0 radical (unpaired) electrons. The van der Waals surface area contributed by atoms with E-state index in [1.54, 1.807) is 0 Å². The van der Waals surface area contributed by atoms with Gasteiger partial charge < -0.3 is 26.4 Å². The van der Waals surface area contributed by atoms with Crippen molar-refractivity contribution >= 4 is 7.60 Å².